The van der Waals surface area contributed by atoms with Crippen LogP contribution in [0, 0.1) is 0 Å². The van der Waals surface area contributed by atoms with Crippen molar-refractivity contribution >= 4 is 9.76 Å². The molecule has 4 heteroatoms. The van der Waals surface area contributed by atoms with Crippen LogP contribution in [0.3, 0.4) is 0 Å². The molecular formula is C11H28N2OSi. The molecule has 0 unspecified atom stereocenters. The van der Waals surface area contributed by atoms with Gasteiger partial charge in [-0.1, -0.05) is 20.8 Å². The number of rotatable bonds is 6. The summed E-state index contributed by atoms with van der Waals surface area (Å²) in [5.41, 5.74) is 0.211. The fourth-order valence-electron chi connectivity index (χ4n) is 1.03. The minimum atomic E-state index is -0.395. The zero-order chi connectivity index (χ0) is 11.9. The largest absolute Gasteiger partial charge is 0.411 e. The first-order chi connectivity index (χ1) is 6.71. The lowest BCUT2D eigenvalue weighted by atomic mass is 10.1. The van der Waals surface area contributed by atoms with Crippen molar-refractivity contribution in [3.63, 3.8) is 0 Å². The monoisotopic (exact) mass is 232 g/mol. The minimum Gasteiger partial charge on any atom is -0.411 e. The third kappa shape index (κ3) is 14.1. The predicted octanol–water partition coefficient (Wildman–Crippen LogP) is 1.24. The Hall–Kier alpha value is 0.0969. The molecule has 0 aromatic rings. The van der Waals surface area contributed by atoms with E-state index in [4.69, 9.17) is 4.43 Å². The molecule has 0 radical (unpaired) electrons. The Balaban J connectivity index is 3.20. The molecule has 0 saturated heterocycles. The van der Waals surface area contributed by atoms with E-state index in [1.807, 2.05) is 0 Å². The molecule has 0 aliphatic carbocycles. The fourth-order valence-corrected chi connectivity index (χ4v) is 1.89. The zero-order valence-electron chi connectivity index (χ0n) is 11.2. The van der Waals surface area contributed by atoms with E-state index >= 15 is 0 Å². The van der Waals surface area contributed by atoms with Gasteiger partial charge in [0, 0.05) is 18.6 Å². The summed E-state index contributed by atoms with van der Waals surface area (Å²) in [5, 5.41) is 7.10. The van der Waals surface area contributed by atoms with Crippen LogP contribution < -0.4 is 10.6 Å². The Labute approximate surface area is 97.3 Å². The van der Waals surface area contributed by atoms with Gasteiger partial charge in [-0.25, -0.2) is 0 Å². The Morgan fingerprint density at radius 1 is 1.00 bits per heavy atom. The number of hydrogen-bond acceptors (Lipinski definition) is 3. The molecule has 0 bridgehead atoms. The van der Waals surface area contributed by atoms with E-state index in [1.54, 1.807) is 0 Å². The van der Waals surface area contributed by atoms with E-state index in [-0.39, 0.29) is 5.54 Å². The van der Waals surface area contributed by atoms with Crippen molar-refractivity contribution in [2.24, 2.45) is 0 Å². The second-order valence-electron chi connectivity index (χ2n) is 6.23. The van der Waals surface area contributed by atoms with Crippen molar-refractivity contribution in [1.29, 1.82) is 0 Å². The van der Waals surface area contributed by atoms with Crippen molar-refractivity contribution in [2.75, 3.05) is 19.8 Å². The third-order valence-electron chi connectivity index (χ3n) is 1.70. The third-order valence-corrected chi connectivity index (χ3v) is 2.97. The maximum absolute atomic E-state index is 5.63. The van der Waals surface area contributed by atoms with Crippen molar-refractivity contribution in [1.82, 2.24) is 10.6 Å². The van der Waals surface area contributed by atoms with Gasteiger partial charge in [0.1, 0.15) is 0 Å². The SMILES string of the molecule is CC(C)(C)NCCNCO[SiH2]C(C)(C)C. The molecule has 0 aliphatic rings. The normalized spacial score (nSPS) is 14.0. The molecule has 0 fully saturated rings. The predicted molar refractivity (Wildman–Crippen MR) is 70.0 cm³/mol. The van der Waals surface area contributed by atoms with Crippen LogP contribution in [0.25, 0.3) is 0 Å². The summed E-state index contributed by atoms with van der Waals surface area (Å²) in [6.45, 7) is 15.9. The van der Waals surface area contributed by atoms with Crippen LogP contribution in [-0.2, 0) is 4.43 Å². The molecule has 3 nitrogen and oxygen atoms in total. The molecule has 0 saturated carbocycles. The summed E-state index contributed by atoms with van der Waals surface area (Å²) < 4.78 is 5.63. The van der Waals surface area contributed by atoms with Crippen LogP contribution in [0.15, 0.2) is 0 Å². The van der Waals surface area contributed by atoms with Crippen molar-refractivity contribution < 1.29 is 4.43 Å². The first-order valence-corrected chi connectivity index (χ1v) is 7.03. The molecule has 92 valence electrons. The van der Waals surface area contributed by atoms with Gasteiger partial charge in [0.25, 0.3) is 0 Å². The fraction of sp³-hybridized carbons (Fsp3) is 1.00. The highest BCUT2D eigenvalue weighted by atomic mass is 28.2. The number of nitrogens with one attached hydrogen (secondary N) is 2. The lowest BCUT2D eigenvalue weighted by molar-refractivity contribution is 0.283. The van der Waals surface area contributed by atoms with Crippen LogP contribution in [-0.4, -0.2) is 35.1 Å². The second-order valence-corrected chi connectivity index (χ2v) is 9.05. The van der Waals surface area contributed by atoms with E-state index in [9.17, 15) is 0 Å². The molecule has 0 aliphatic heterocycles. The van der Waals surface area contributed by atoms with Gasteiger partial charge in [-0.15, -0.1) is 0 Å². The summed E-state index contributed by atoms with van der Waals surface area (Å²) in [7, 11) is -0.395. The zero-order valence-corrected chi connectivity index (χ0v) is 12.7. The molecule has 0 atom stereocenters. The van der Waals surface area contributed by atoms with Gasteiger partial charge in [-0.3, -0.25) is 5.32 Å². The summed E-state index contributed by atoms with van der Waals surface area (Å²) in [6, 6.07) is 0. The average Bonchev–Trinajstić information content (AvgIpc) is 1.98. The molecule has 0 rings (SSSR count). The van der Waals surface area contributed by atoms with Crippen LogP contribution in [0.4, 0.5) is 0 Å². The smallest absolute Gasteiger partial charge is 0.168 e. The van der Waals surface area contributed by atoms with E-state index < -0.39 is 9.76 Å². The van der Waals surface area contributed by atoms with Crippen LogP contribution in [0.1, 0.15) is 41.5 Å². The van der Waals surface area contributed by atoms with Crippen molar-refractivity contribution in [3.05, 3.63) is 0 Å². The topological polar surface area (TPSA) is 33.3 Å². The molecule has 15 heavy (non-hydrogen) atoms. The van der Waals surface area contributed by atoms with Gasteiger partial charge in [-0.2, -0.15) is 0 Å². The van der Waals surface area contributed by atoms with Crippen LogP contribution >= 0.6 is 0 Å². The molecule has 0 aromatic carbocycles. The highest BCUT2D eigenvalue weighted by Crippen LogP contribution is 2.19. The molecular weight excluding hydrogens is 204 g/mol. The second kappa shape index (κ2) is 6.63. The first kappa shape index (κ1) is 15.1. The van der Waals surface area contributed by atoms with E-state index in [1.165, 1.54) is 0 Å². The molecule has 2 N–H and O–H groups in total. The summed E-state index contributed by atoms with van der Waals surface area (Å²) in [4.78, 5) is 0. The summed E-state index contributed by atoms with van der Waals surface area (Å²) in [5.74, 6) is 0. The molecule has 0 heterocycles. The lowest BCUT2D eigenvalue weighted by Gasteiger charge is -2.21. The van der Waals surface area contributed by atoms with E-state index in [2.05, 4.69) is 52.2 Å². The van der Waals surface area contributed by atoms with Crippen molar-refractivity contribution in [2.45, 2.75) is 52.1 Å². The highest BCUT2D eigenvalue weighted by Gasteiger charge is 2.11. The highest BCUT2D eigenvalue weighted by molar-refractivity contribution is 6.31. The Bertz CT molecular complexity index is 143. The molecule has 0 amide bonds. The summed E-state index contributed by atoms with van der Waals surface area (Å²) >= 11 is 0. The molecule has 0 spiro atoms. The van der Waals surface area contributed by atoms with E-state index in [0.717, 1.165) is 13.1 Å². The Kier molecular flexibility index (Phi) is 6.67. The quantitative estimate of drug-likeness (QED) is 0.411. The average molecular weight is 232 g/mol. The van der Waals surface area contributed by atoms with Gasteiger partial charge in [-0.05, 0) is 25.8 Å². The van der Waals surface area contributed by atoms with Crippen LogP contribution in [0.2, 0.25) is 5.04 Å². The van der Waals surface area contributed by atoms with E-state index in [0.29, 0.717) is 11.8 Å². The standard InChI is InChI=1S/C11H28N2OSi/c1-10(2,3)13-8-7-12-9-14-15-11(4,5)6/h12-13H,7-9,15H2,1-6H3. The Morgan fingerprint density at radius 2 is 1.60 bits per heavy atom. The minimum absolute atomic E-state index is 0.211. The van der Waals surface area contributed by atoms with Gasteiger partial charge < -0.3 is 9.74 Å². The Morgan fingerprint density at radius 3 is 2.07 bits per heavy atom. The number of hydrogen-bond donors (Lipinski definition) is 2. The van der Waals surface area contributed by atoms with Gasteiger partial charge >= 0.3 is 0 Å². The van der Waals surface area contributed by atoms with Gasteiger partial charge in [0.15, 0.2) is 9.76 Å². The van der Waals surface area contributed by atoms with Gasteiger partial charge in [0.05, 0.1) is 6.73 Å². The maximum atomic E-state index is 5.63. The van der Waals surface area contributed by atoms with Crippen molar-refractivity contribution in [3.8, 4) is 0 Å². The van der Waals surface area contributed by atoms with Crippen LogP contribution in [0.5, 0.6) is 0 Å². The van der Waals surface area contributed by atoms with Gasteiger partial charge in [0.2, 0.25) is 0 Å². The summed E-state index contributed by atoms with van der Waals surface area (Å²) in [6.07, 6.45) is 0. The lowest BCUT2D eigenvalue weighted by Crippen LogP contribution is -2.40. The first-order valence-electron chi connectivity index (χ1n) is 5.74. The molecule has 0 aromatic heterocycles. The maximum Gasteiger partial charge on any atom is 0.168 e.